The van der Waals surface area contributed by atoms with Gasteiger partial charge in [-0.2, -0.15) is 0 Å². The van der Waals surface area contributed by atoms with Crippen LogP contribution in [-0.4, -0.2) is 12.5 Å². The highest BCUT2D eigenvalue weighted by molar-refractivity contribution is 5.83. The van der Waals surface area contributed by atoms with E-state index in [1.54, 1.807) is 0 Å². The van der Waals surface area contributed by atoms with Gasteiger partial charge in [-0.3, -0.25) is 4.79 Å². The molecule has 2 atom stereocenters. The summed E-state index contributed by atoms with van der Waals surface area (Å²) in [5.74, 6) is 0.379. The number of hydrogen-bond acceptors (Lipinski definition) is 1. The summed E-state index contributed by atoms with van der Waals surface area (Å²) >= 11 is 0. The van der Waals surface area contributed by atoms with Gasteiger partial charge in [-0.15, -0.1) is 0 Å². The second kappa shape index (κ2) is 7.63. The summed E-state index contributed by atoms with van der Waals surface area (Å²) in [7, 11) is 0. The molecule has 1 amide bonds. The van der Waals surface area contributed by atoms with E-state index < -0.39 is 0 Å². The van der Waals surface area contributed by atoms with Crippen LogP contribution in [0.2, 0.25) is 0 Å². The first-order chi connectivity index (χ1) is 10.2. The van der Waals surface area contributed by atoms with Gasteiger partial charge >= 0.3 is 0 Å². The van der Waals surface area contributed by atoms with Gasteiger partial charge in [-0.05, 0) is 23.5 Å². The zero-order valence-corrected chi connectivity index (χ0v) is 12.8. The smallest absolute Gasteiger partial charge is 0.227 e. The fourth-order valence-corrected chi connectivity index (χ4v) is 2.53. The summed E-state index contributed by atoms with van der Waals surface area (Å²) in [4.78, 5) is 12.4. The molecule has 0 saturated heterocycles. The maximum Gasteiger partial charge on any atom is 0.227 e. The lowest BCUT2D eigenvalue weighted by molar-refractivity contribution is -0.122. The van der Waals surface area contributed by atoms with Gasteiger partial charge in [0.15, 0.2) is 0 Å². The summed E-state index contributed by atoms with van der Waals surface area (Å²) in [5, 5.41) is 3.09. The average Bonchev–Trinajstić information content (AvgIpc) is 2.55. The lowest BCUT2D eigenvalue weighted by Crippen LogP contribution is -2.32. The van der Waals surface area contributed by atoms with Crippen LogP contribution in [0.4, 0.5) is 0 Å². The van der Waals surface area contributed by atoms with Crippen molar-refractivity contribution in [3.63, 3.8) is 0 Å². The molecule has 0 aliphatic heterocycles. The lowest BCUT2D eigenvalue weighted by Gasteiger charge is -2.18. The number of amides is 1. The molecule has 2 rings (SSSR count). The number of carbonyl (C=O) groups is 1. The number of nitrogens with one attached hydrogen (secondary N) is 1. The highest BCUT2D eigenvalue weighted by atomic mass is 16.1. The van der Waals surface area contributed by atoms with E-state index in [-0.39, 0.29) is 11.8 Å². The first-order valence-electron chi connectivity index (χ1n) is 7.60. The largest absolute Gasteiger partial charge is 0.355 e. The molecule has 0 aliphatic rings. The van der Waals surface area contributed by atoms with E-state index >= 15 is 0 Å². The third-order valence-corrected chi connectivity index (χ3v) is 3.88. The van der Waals surface area contributed by atoms with Crippen molar-refractivity contribution in [1.29, 1.82) is 0 Å². The Morgan fingerprint density at radius 1 is 0.952 bits per heavy atom. The minimum absolute atomic E-state index is 0.0610. The van der Waals surface area contributed by atoms with Crippen molar-refractivity contribution < 1.29 is 4.79 Å². The van der Waals surface area contributed by atoms with Gasteiger partial charge in [0.25, 0.3) is 0 Å². The molecule has 2 aromatic carbocycles. The maximum atomic E-state index is 12.4. The Hall–Kier alpha value is -2.09. The van der Waals surface area contributed by atoms with Gasteiger partial charge in [-0.1, -0.05) is 74.5 Å². The van der Waals surface area contributed by atoms with Crippen LogP contribution in [0.15, 0.2) is 60.7 Å². The minimum atomic E-state index is -0.0610. The van der Waals surface area contributed by atoms with Crippen LogP contribution < -0.4 is 5.32 Å². The lowest BCUT2D eigenvalue weighted by atomic mass is 9.95. The third kappa shape index (κ3) is 4.19. The fourth-order valence-electron chi connectivity index (χ4n) is 2.53. The van der Waals surface area contributed by atoms with Crippen LogP contribution in [0.1, 0.15) is 43.2 Å². The molecule has 0 radical (unpaired) electrons. The van der Waals surface area contributed by atoms with Gasteiger partial charge in [0.1, 0.15) is 0 Å². The van der Waals surface area contributed by atoms with Crippen molar-refractivity contribution in [2.24, 2.45) is 0 Å². The second-order valence-electron chi connectivity index (χ2n) is 5.43. The summed E-state index contributed by atoms with van der Waals surface area (Å²) < 4.78 is 0. The Labute approximate surface area is 127 Å². The van der Waals surface area contributed by atoms with Crippen LogP contribution in [0, 0.1) is 0 Å². The van der Waals surface area contributed by atoms with Crippen LogP contribution in [0.25, 0.3) is 0 Å². The van der Waals surface area contributed by atoms with Crippen LogP contribution in [0.3, 0.4) is 0 Å². The van der Waals surface area contributed by atoms with Crippen molar-refractivity contribution in [2.75, 3.05) is 6.54 Å². The average molecular weight is 281 g/mol. The third-order valence-electron chi connectivity index (χ3n) is 3.88. The van der Waals surface area contributed by atoms with E-state index in [2.05, 4.69) is 31.3 Å². The predicted molar refractivity (Wildman–Crippen MR) is 87.3 cm³/mol. The molecule has 0 fully saturated rings. The number of carbonyl (C=O) groups excluding carboxylic acids is 1. The van der Waals surface area contributed by atoms with E-state index in [0.717, 1.165) is 12.0 Å². The van der Waals surface area contributed by atoms with Crippen molar-refractivity contribution in [3.05, 3.63) is 71.8 Å². The van der Waals surface area contributed by atoms with Crippen molar-refractivity contribution in [2.45, 2.75) is 32.1 Å². The van der Waals surface area contributed by atoms with Crippen molar-refractivity contribution in [3.8, 4) is 0 Å². The number of rotatable bonds is 6. The molecule has 2 heteroatoms. The quantitative estimate of drug-likeness (QED) is 0.848. The second-order valence-corrected chi connectivity index (χ2v) is 5.43. The van der Waals surface area contributed by atoms with Gasteiger partial charge < -0.3 is 5.32 Å². The number of benzene rings is 2. The Kier molecular flexibility index (Phi) is 5.56. The first kappa shape index (κ1) is 15.3. The van der Waals surface area contributed by atoms with Gasteiger partial charge in [0.05, 0.1) is 5.92 Å². The molecule has 2 aromatic rings. The minimum Gasteiger partial charge on any atom is -0.355 e. The van der Waals surface area contributed by atoms with Crippen molar-refractivity contribution in [1.82, 2.24) is 5.32 Å². The monoisotopic (exact) mass is 281 g/mol. The summed E-state index contributed by atoms with van der Waals surface area (Å²) in [5.41, 5.74) is 2.34. The van der Waals surface area contributed by atoms with Crippen molar-refractivity contribution >= 4 is 5.91 Å². The molecule has 0 aromatic heterocycles. The van der Waals surface area contributed by atoms with Gasteiger partial charge in [0, 0.05) is 6.54 Å². The Morgan fingerprint density at radius 2 is 1.48 bits per heavy atom. The van der Waals surface area contributed by atoms with E-state index in [0.29, 0.717) is 12.5 Å². The molecule has 0 unspecified atom stereocenters. The highest BCUT2D eigenvalue weighted by Gasteiger charge is 2.18. The molecule has 2 nitrogen and oxygen atoms in total. The molecule has 110 valence electrons. The first-order valence-corrected chi connectivity index (χ1v) is 7.60. The zero-order chi connectivity index (χ0) is 15.1. The summed E-state index contributed by atoms with van der Waals surface area (Å²) in [6, 6.07) is 20.3. The van der Waals surface area contributed by atoms with Crippen LogP contribution >= 0.6 is 0 Å². The molecule has 0 bridgehead atoms. The fraction of sp³-hybridized carbons (Fsp3) is 0.316. The molecular formula is C19H23NO. The SMILES string of the molecule is CC[C@H](C(=O)NC[C@@H](C)c1ccccc1)c1ccccc1. The Balaban J connectivity index is 1.94. The van der Waals surface area contributed by atoms with E-state index in [4.69, 9.17) is 0 Å². The summed E-state index contributed by atoms with van der Waals surface area (Å²) in [6.07, 6.45) is 0.815. The van der Waals surface area contributed by atoms with E-state index in [1.165, 1.54) is 5.56 Å². The predicted octanol–water partition coefficient (Wildman–Crippen LogP) is 4.10. The van der Waals surface area contributed by atoms with Gasteiger partial charge in [0.2, 0.25) is 5.91 Å². The summed E-state index contributed by atoms with van der Waals surface area (Å²) in [6.45, 7) is 4.86. The zero-order valence-electron chi connectivity index (χ0n) is 12.8. The standard InChI is InChI=1S/C19H23NO/c1-3-18(17-12-8-5-9-13-17)19(21)20-14-15(2)16-10-6-4-7-11-16/h4-13,15,18H,3,14H2,1-2H3,(H,20,21)/t15-,18+/m1/s1. The van der Waals surface area contributed by atoms with Crippen LogP contribution in [-0.2, 0) is 4.79 Å². The Bertz CT molecular complexity index is 550. The highest BCUT2D eigenvalue weighted by Crippen LogP contribution is 2.20. The maximum absolute atomic E-state index is 12.4. The molecular weight excluding hydrogens is 258 g/mol. The normalized spacial score (nSPS) is 13.4. The molecule has 0 saturated carbocycles. The van der Waals surface area contributed by atoms with Crippen LogP contribution in [0.5, 0.6) is 0 Å². The molecule has 0 heterocycles. The van der Waals surface area contributed by atoms with Gasteiger partial charge in [-0.25, -0.2) is 0 Å². The molecule has 0 aliphatic carbocycles. The Morgan fingerprint density at radius 3 is 2.00 bits per heavy atom. The molecule has 0 spiro atoms. The molecule has 21 heavy (non-hydrogen) atoms. The van der Waals surface area contributed by atoms with E-state index in [9.17, 15) is 4.79 Å². The van der Waals surface area contributed by atoms with E-state index in [1.807, 2.05) is 48.5 Å². The topological polar surface area (TPSA) is 29.1 Å². The molecule has 1 N–H and O–H groups in total. The number of hydrogen-bond donors (Lipinski definition) is 1.